The first-order chi connectivity index (χ1) is 13.8. The number of hydrogen-bond acceptors (Lipinski definition) is 5. The van der Waals surface area contributed by atoms with Gasteiger partial charge in [-0.15, -0.1) is 0 Å². The molecular weight excluding hydrogens is 402 g/mol. The maximum atomic E-state index is 14.4. The molecule has 0 radical (unpaired) electrons. The summed E-state index contributed by atoms with van der Waals surface area (Å²) in [4.78, 5) is 3.48. The molecule has 1 aromatic carbocycles. The van der Waals surface area contributed by atoms with Crippen LogP contribution in [-0.2, 0) is 15.6 Å². The van der Waals surface area contributed by atoms with Gasteiger partial charge in [0.05, 0.1) is 12.0 Å². The third-order valence-electron chi connectivity index (χ3n) is 6.15. The second kappa shape index (κ2) is 7.30. The second-order valence-corrected chi connectivity index (χ2v) is 9.55. The van der Waals surface area contributed by atoms with E-state index < -0.39 is 39.2 Å². The number of benzene rings is 1. The van der Waals surface area contributed by atoms with Crippen molar-refractivity contribution < 1.29 is 27.0 Å². The number of methoxy groups -OCH3 is 1. The SMILES string of the molecule is COc1ccc(S(=O)(=O)N2C[C@@H]3CCC[C@@H](C2)C3(O)c2cccnc2F)cc1F. The first-order valence-electron chi connectivity index (χ1n) is 9.45. The van der Waals surface area contributed by atoms with E-state index in [4.69, 9.17) is 4.74 Å². The molecule has 2 fully saturated rings. The van der Waals surface area contributed by atoms with E-state index in [0.717, 1.165) is 12.5 Å². The third-order valence-corrected chi connectivity index (χ3v) is 7.98. The van der Waals surface area contributed by atoms with Gasteiger partial charge in [-0.05, 0) is 37.1 Å². The number of sulfonamides is 1. The molecule has 0 amide bonds. The molecule has 2 bridgehead atoms. The Kier molecular flexibility index (Phi) is 5.08. The molecule has 2 aromatic rings. The first kappa shape index (κ1) is 20.2. The van der Waals surface area contributed by atoms with Gasteiger partial charge < -0.3 is 9.84 Å². The zero-order chi connectivity index (χ0) is 20.8. The van der Waals surface area contributed by atoms with Crippen molar-refractivity contribution in [1.29, 1.82) is 0 Å². The fraction of sp³-hybridized carbons (Fsp3) is 0.450. The standard InChI is InChI=1S/C20H22F2N2O4S/c1-28-18-8-7-15(10-17(18)21)29(26,27)24-11-13-4-2-5-14(12-24)20(13,25)16-6-3-9-23-19(16)22/h3,6-10,13-14,25H,2,4-5,11-12H2,1H3/t13-,14-/m0/s1. The Hall–Kier alpha value is -2.10. The number of aliphatic hydroxyl groups is 1. The Morgan fingerprint density at radius 1 is 1.21 bits per heavy atom. The number of nitrogens with zero attached hydrogens (tertiary/aromatic N) is 2. The van der Waals surface area contributed by atoms with Crippen LogP contribution in [0.25, 0.3) is 0 Å². The maximum absolute atomic E-state index is 14.4. The Labute approximate surface area is 168 Å². The molecule has 1 N–H and O–H groups in total. The van der Waals surface area contributed by atoms with Crippen LogP contribution in [0.2, 0.25) is 0 Å². The number of fused-ring (bicyclic) bond motifs is 2. The van der Waals surface area contributed by atoms with E-state index in [9.17, 15) is 22.3 Å². The van der Waals surface area contributed by atoms with Crippen molar-refractivity contribution in [3.05, 3.63) is 53.9 Å². The molecule has 2 heterocycles. The molecule has 0 spiro atoms. The van der Waals surface area contributed by atoms with E-state index in [1.54, 1.807) is 6.07 Å². The van der Waals surface area contributed by atoms with Gasteiger partial charge in [-0.2, -0.15) is 8.70 Å². The quantitative estimate of drug-likeness (QED) is 0.764. The molecular formula is C20H22F2N2O4S. The number of halogens is 2. The molecule has 1 saturated heterocycles. The molecule has 0 unspecified atom stereocenters. The molecule has 29 heavy (non-hydrogen) atoms. The van der Waals surface area contributed by atoms with Crippen LogP contribution >= 0.6 is 0 Å². The average Bonchev–Trinajstić information content (AvgIpc) is 2.67. The minimum absolute atomic E-state index is 0.0251. The van der Waals surface area contributed by atoms with Crippen molar-refractivity contribution >= 4 is 10.0 Å². The van der Waals surface area contributed by atoms with Crippen molar-refractivity contribution in [3.8, 4) is 5.75 Å². The van der Waals surface area contributed by atoms with Gasteiger partial charge in [-0.1, -0.05) is 12.5 Å². The summed E-state index contributed by atoms with van der Waals surface area (Å²) in [5.74, 6) is -2.50. The van der Waals surface area contributed by atoms with Crippen molar-refractivity contribution in [1.82, 2.24) is 9.29 Å². The van der Waals surface area contributed by atoms with E-state index in [0.29, 0.717) is 12.8 Å². The summed E-state index contributed by atoms with van der Waals surface area (Å²) in [6.07, 6.45) is 3.26. The zero-order valence-electron chi connectivity index (χ0n) is 15.9. The Bertz CT molecular complexity index is 1020. The summed E-state index contributed by atoms with van der Waals surface area (Å²) < 4.78 is 60.8. The summed E-state index contributed by atoms with van der Waals surface area (Å²) >= 11 is 0. The van der Waals surface area contributed by atoms with Crippen LogP contribution in [-0.4, -0.2) is 43.0 Å². The molecule has 6 nitrogen and oxygen atoms in total. The largest absolute Gasteiger partial charge is 0.494 e. The number of aromatic nitrogens is 1. The van der Waals surface area contributed by atoms with E-state index >= 15 is 0 Å². The lowest BCUT2D eigenvalue weighted by Gasteiger charge is -2.52. The normalized spacial score (nSPS) is 27.6. The van der Waals surface area contributed by atoms with Crippen molar-refractivity contribution in [3.63, 3.8) is 0 Å². The van der Waals surface area contributed by atoms with Gasteiger partial charge in [0.15, 0.2) is 11.6 Å². The summed E-state index contributed by atoms with van der Waals surface area (Å²) in [6.45, 7) is 0.0502. The van der Waals surface area contributed by atoms with Crippen LogP contribution in [0.1, 0.15) is 24.8 Å². The smallest absolute Gasteiger partial charge is 0.243 e. The number of piperidine rings is 1. The number of ether oxygens (including phenoxy) is 1. The lowest BCUT2D eigenvalue weighted by molar-refractivity contribution is -0.135. The van der Waals surface area contributed by atoms with Crippen molar-refractivity contribution in [2.24, 2.45) is 11.8 Å². The van der Waals surface area contributed by atoms with Gasteiger partial charge in [0.1, 0.15) is 5.60 Å². The van der Waals surface area contributed by atoms with Crippen LogP contribution in [0.3, 0.4) is 0 Å². The molecule has 156 valence electrons. The Morgan fingerprint density at radius 3 is 2.48 bits per heavy atom. The average molecular weight is 424 g/mol. The lowest BCUT2D eigenvalue weighted by Crippen LogP contribution is -2.59. The summed E-state index contributed by atoms with van der Waals surface area (Å²) in [5.41, 5.74) is -1.37. The van der Waals surface area contributed by atoms with Gasteiger partial charge in [0.2, 0.25) is 16.0 Å². The van der Waals surface area contributed by atoms with Crippen molar-refractivity contribution in [2.45, 2.75) is 29.8 Å². The van der Waals surface area contributed by atoms with E-state index in [-0.39, 0.29) is 29.3 Å². The highest BCUT2D eigenvalue weighted by atomic mass is 32.2. The first-order valence-corrected chi connectivity index (χ1v) is 10.9. The second-order valence-electron chi connectivity index (χ2n) is 7.61. The monoisotopic (exact) mass is 424 g/mol. The minimum Gasteiger partial charge on any atom is -0.494 e. The fourth-order valence-electron chi connectivity index (χ4n) is 4.69. The van der Waals surface area contributed by atoms with Gasteiger partial charge in [0.25, 0.3) is 0 Å². The van der Waals surface area contributed by atoms with Gasteiger partial charge in [-0.25, -0.2) is 17.8 Å². The van der Waals surface area contributed by atoms with E-state index in [1.807, 2.05) is 0 Å². The Morgan fingerprint density at radius 2 is 1.90 bits per heavy atom. The Balaban J connectivity index is 1.68. The van der Waals surface area contributed by atoms with Crippen LogP contribution < -0.4 is 4.74 Å². The number of rotatable bonds is 4. The van der Waals surface area contributed by atoms with Crippen molar-refractivity contribution in [2.75, 3.05) is 20.2 Å². The number of pyridine rings is 1. The molecule has 1 saturated carbocycles. The molecule has 1 aromatic heterocycles. The molecule has 1 aliphatic heterocycles. The molecule has 4 rings (SSSR count). The van der Waals surface area contributed by atoms with Crippen LogP contribution in [0.4, 0.5) is 8.78 Å². The maximum Gasteiger partial charge on any atom is 0.243 e. The van der Waals surface area contributed by atoms with Gasteiger partial charge in [0, 0.05) is 36.7 Å². The van der Waals surface area contributed by atoms with Crippen LogP contribution in [0.5, 0.6) is 5.75 Å². The van der Waals surface area contributed by atoms with Gasteiger partial charge in [-0.3, -0.25) is 0 Å². The van der Waals surface area contributed by atoms with Gasteiger partial charge >= 0.3 is 0 Å². The molecule has 1 aliphatic carbocycles. The highest BCUT2D eigenvalue weighted by Crippen LogP contribution is 2.50. The number of hydrogen-bond donors (Lipinski definition) is 1. The molecule has 9 heteroatoms. The predicted octanol–water partition coefficient (Wildman–Crippen LogP) is 2.68. The summed E-state index contributed by atoms with van der Waals surface area (Å²) in [6, 6.07) is 6.58. The van der Waals surface area contributed by atoms with E-state index in [1.165, 1.54) is 35.8 Å². The zero-order valence-corrected chi connectivity index (χ0v) is 16.7. The predicted molar refractivity (Wildman–Crippen MR) is 101 cm³/mol. The van der Waals surface area contributed by atoms with Crippen LogP contribution in [0.15, 0.2) is 41.4 Å². The molecule has 2 aliphatic rings. The fourth-order valence-corrected chi connectivity index (χ4v) is 6.23. The summed E-state index contributed by atoms with van der Waals surface area (Å²) in [7, 11) is -2.67. The van der Waals surface area contributed by atoms with E-state index in [2.05, 4.69) is 4.98 Å². The summed E-state index contributed by atoms with van der Waals surface area (Å²) in [5, 5.41) is 11.5. The third kappa shape index (κ3) is 3.21. The lowest BCUT2D eigenvalue weighted by atomic mass is 9.63. The highest BCUT2D eigenvalue weighted by molar-refractivity contribution is 7.89. The minimum atomic E-state index is -3.98. The molecule has 2 atom stereocenters. The highest BCUT2D eigenvalue weighted by Gasteiger charge is 2.54. The topological polar surface area (TPSA) is 79.7 Å². The van der Waals surface area contributed by atoms with Crippen LogP contribution in [0, 0.1) is 23.6 Å².